The first-order valence-corrected chi connectivity index (χ1v) is 13.4. The minimum atomic E-state index is -0.412. The molecule has 0 aliphatic carbocycles. The Kier molecular flexibility index (Phi) is 8.18. The molecule has 0 spiro atoms. The van der Waals surface area contributed by atoms with Gasteiger partial charge < -0.3 is 25.2 Å². The highest BCUT2D eigenvalue weighted by Gasteiger charge is 2.40. The summed E-state index contributed by atoms with van der Waals surface area (Å²) >= 11 is 0. The number of likely N-dealkylation sites (tertiary alicyclic amines) is 2. The first-order valence-electron chi connectivity index (χ1n) is 13.4. The summed E-state index contributed by atoms with van der Waals surface area (Å²) in [6, 6.07) is 17.1. The quantitative estimate of drug-likeness (QED) is 0.597. The Morgan fingerprint density at radius 3 is 2.23 bits per heavy atom. The molecular formula is C29H41N3O3. The van der Waals surface area contributed by atoms with Gasteiger partial charge in [0.15, 0.2) is 6.29 Å². The molecule has 3 aliphatic heterocycles. The van der Waals surface area contributed by atoms with Crippen LogP contribution in [0.1, 0.15) is 67.3 Å². The zero-order chi connectivity index (χ0) is 24.2. The molecular weight excluding hydrogens is 438 g/mol. The zero-order valence-electron chi connectivity index (χ0n) is 21.0. The van der Waals surface area contributed by atoms with E-state index in [4.69, 9.17) is 15.2 Å². The second-order valence-electron chi connectivity index (χ2n) is 10.6. The zero-order valence-corrected chi connectivity index (χ0v) is 21.0. The lowest BCUT2D eigenvalue weighted by Crippen LogP contribution is -2.48. The molecule has 0 aromatic heterocycles. The van der Waals surface area contributed by atoms with Gasteiger partial charge in [0.05, 0.1) is 18.8 Å². The average molecular weight is 480 g/mol. The maximum Gasteiger partial charge on any atom is 0.184 e. The van der Waals surface area contributed by atoms with Crippen LogP contribution in [0.2, 0.25) is 0 Å². The van der Waals surface area contributed by atoms with E-state index in [1.165, 1.54) is 45.3 Å². The number of nitrogens with zero attached hydrogens (tertiary/aromatic N) is 2. The van der Waals surface area contributed by atoms with Gasteiger partial charge in [-0.25, -0.2) is 0 Å². The van der Waals surface area contributed by atoms with Gasteiger partial charge in [-0.15, -0.1) is 0 Å². The second kappa shape index (κ2) is 11.5. The number of benzene rings is 2. The summed E-state index contributed by atoms with van der Waals surface area (Å²) in [7, 11) is 0. The van der Waals surface area contributed by atoms with E-state index in [1.54, 1.807) is 0 Å². The normalized spacial score (nSPS) is 30.2. The van der Waals surface area contributed by atoms with Crippen molar-refractivity contribution in [3.63, 3.8) is 0 Å². The molecule has 0 amide bonds. The highest BCUT2D eigenvalue weighted by molar-refractivity contribution is 5.27. The Hall–Kier alpha value is -1.80. The lowest BCUT2D eigenvalue weighted by Gasteiger charge is -2.43. The van der Waals surface area contributed by atoms with E-state index >= 15 is 0 Å². The minimum absolute atomic E-state index is 0.0522. The van der Waals surface area contributed by atoms with Gasteiger partial charge in [-0.3, -0.25) is 4.90 Å². The number of hydrogen-bond donors (Lipinski definition) is 2. The van der Waals surface area contributed by atoms with E-state index in [9.17, 15) is 5.11 Å². The van der Waals surface area contributed by atoms with Gasteiger partial charge in [0.2, 0.25) is 0 Å². The fourth-order valence-electron chi connectivity index (χ4n) is 5.98. The molecule has 3 saturated heterocycles. The number of aliphatic hydroxyl groups excluding tert-OH is 1. The van der Waals surface area contributed by atoms with Gasteiger partial charge in [0.1, 0.15) is 0 Å². The van der Waals surface area contributed by atoms with Crippen molar-refractivity contribution in [2.45, 2.75) is 70.3 Å². The van der Waals surface area contributed by atoms with Gasteiger partial charge in [0.25, 0.3) is 0 Å². The fourth-order valence-corrected chi connectivity index (χ4v) is 5.98. The molecule has 3 heterocycles. The molecule has 190 valence electrons. The van der Waals surface area contributed by atoms with Gasteiger partial charge >= 0.3 is 0 Å². The highest BCUT2D eigenvalue weighted by atomic mass is 16.7. The lowest BCUT2D eigenvalue weighted by molar-refractivity contribution is -0.276. The van der Waals surface area contributed by atoms with Gasteiger partial charge in [-0.2, -0.15) is 0 Å². The van der Waals surface area contributed by atoms with Crippen LogP contribution in [0.15, 0.2) is 48.5 Å². The maximum absolute atomic E-state index is 9.48. The number of nitrogens with two attached hydrogens (primary N) is 1. The first kappa shape index (κ1) is 24.9. The summed E-state index contributed by atoms with van der Waals surface area (Å²) in [5.41, 5.74) is 10.0. The summed E-state index contributed by atoms with van der Waals surface area (Å²) in [6.07, 6.45) is 4.83. The van der Waals surface area contributed by atoms with Crippen molar-refractivity contribution in [2.24, 2.45) is 11.7 Å². The van der Waals surface area contributed by atoms with Crippen molar-refractivity contribution < 1.29 is 14.6 Å². The van der Waals surface area contributed by atoms with Crippen LogP contribution in [0, 0.1) is 5.92 Å². The molecule has 2 aromatic carbocycles. The molecule has 2 aromatic rings. The minimum Gasteiger partial charge on any atom is -0.392 e. The van der Waals surface area contributed by atoms with Crippen LogP contribution in [-0.2, 0) is 22.6 Å². The predicted molar refractivity (Wildman–Crippen MR) is 138 cm³/mol. The van der Waals surface area contributed by atoms with Crippen LogP contribution in [0.4, 0.5) is 0 Å². The molecule has 0 unspecified atom stereocenters. The largest absolute Gasteiger partial charge is 0.392 e. The molecule has 5 atom stereocenters. The van der Waals surface area contributed by atoms with Crippen LogP contribution in [0.5, 0.6) is 0 Å². The molecule has 0 bridgehead atoms. The second-order valence-corrected chi connectivity index (χ2v) is 10.6. The molecule has 3 N–H and O–H groups in total. The molecule has 3 aliphatic rings. The number of rotatable bonds is 8. The van der Waals surface area contributed by atoms with Crippen LogP contribution in [-0.4, -0.2) is 59.8 Å². The molecule has 0 radical (unpaired) electrons. The van der Waals surface area contributed by atoms with E-state index < -0.39 is 6.29 Å². The predicted octanol–water partition coefficient (Wildman–Crippen LogP) is 3.99. The SMILES string of the molecule is C[C@@H]1[C@H](CN2CCC[C@H]2CN2CCCC2)O[C@H](c2ccc(CN)cc2)O[C@@H]1c1ccc(CO)cc1. The maximum atomic E-state index is 9.48. The first-order chi connectivity index (χ1) is 17.1. The van der Waals surface area contributed by atoms with Crippen LogP contribution < -0.4 is 5.73 Å². The smallest absolute Gasteiger partial charge is 0.184 e. The third-order valence-corrected chi connectivity index (χ3v) is 8.19. The van der Waals surface area contributed by atoms with Crippen LogP contribution in [0.25, 0.3) is 0 Å². The standard InChI is InChI=1S/C29H41N3O3/c1-21-27(19-32-16-4-5-26(32)18-31-14-2-3-15-31)34-29(25-12-6-22(17-30)7-13-25)35-28(21)24-10-8-23(20-33)9-11-24/h6-13,21,26-29,33H,2-5,14-20,30H2,1H3/t21-,26+,27+,28+,29+/m1/s1. The Morgan fingerprint density at radius 1 is 0.857 bits per heavy atom. The summed E-state index contributed by atoms with van der Waals surface area (Å²) in [5, 5.41) is 9.48. The van der Waals surface area contributed by atoms with Crippen molar-refractivity contribution in [3.8, 4) is 0 Å². The van der Waals surface area contributed by atoms with Crippen molar-refractivity contribution in [2.75, 3.05) is 32.7 Å². The van der Waals surface area contributed by atoms with E-state index in [0.717, 1.165) is 35.3 Å². The molecule has 5 rings (SSSR count). The van der Waals surface area contributed by atoms with Crippen LogP contribution >= 0.6 is 0 Å². The van der Waals surface area contributed by atoms with Gasteiger partial charge in [-0.05, 0) is 62.0 Å². The fraction of sp³-hybridized carbons (Fsp3) is 0.586. The Morgan fingerprint density at radius 2 is 1.54 bits per heavy atom. The van der Waals surface area contributed by atoms with Crippen molar-refractivity contribution in [1.82, 2.24) is 9.80 Å². The molecule has 3 fully saturated rings. The molecule has 0 saturated carbocycles. The number of aliphatic hydroxyl groups is 1. The monoisotopic (exact) mass is 479 g/mol. The summed E-state index contributed by atoms with van der Waals surface area (Å²) in [5.74, 6) is 0.211. The average Bonchev–Trinajstić information content (AvgIpc) is 3.58. The Balaban J connectivity index is 1.36. The van der Waals surface area contributed by atoms with E-state index in [1.807, 2.05) is 12.1 Å². The van der Waals surface area contributed by atoms with E-state index in [-0.39, 0.29) is 24.7 Å². The third kappa shape index (κ3) is 5.79. The number of hydrogen-bond acceptors (Lipinski definition) is 6. The van der Waals surface area contributed by atoms with E-state index in [0.29, 0.717) is 12.6 Å². The third-order valence-electron chi connectivity index (χ3n) is 8.19. The summed E-state index contributed by atoms with van der Waals surface area (Å²) in [4.78, 5) is 5.32. The Labute approximate surface area is 210 Å². The molecule has 6 nitrogen and oxygen atoms in total. The number of ether oxygens (including phenoxy) is 2. The molecule has 35 heavy (non-hydrogen) atoms. The van der Waals surface area contributed by atoms with Crippen molar-refractivity contribution in [1.29, 1.82) is 0 Å². The van der Waals surface area contributed by atoms with Crippen LogP contribution in [0.3, 0.4) is 0 Å². The van der Waals surface area contributed by atoms with Gasteiger partial charge in [-0.1, -0.05) is 55.5 Å². The summed E-state index contributed by atoms with van der Waals surface area (Å²) in [6.45, 7) is 8.62. The topological polar surface area (TPSA) is 71.2 Å². The molecule has 6 heteroatoms. The van der Waals surface area contributed by atoms with E-state index in [2.05, 4.69) is 53.1 Å². The Bertz CT molecular complexity index is 929. The lowest BCUT2D eigenvalue weighted by atomic mass is 9.90. The van der Waals surface area contributed by atoms with Crippen molar-refractivity contribution in [3.05, 3.63) is 70.8 Å². The highest BCUT2D eigenvalue weighted by Crippen LogP contribution is 2.42. The van der Waals surface area contributed by atoms with Gasteiger partial charge in [0, 0.05) is 37.2 Å². The van der Waals surface area contributed by atoms with Crippen molar-refractivity contribution >= 4 is 0 Å². The summed E-state index contributed by atoms with van der Waals surface area (Å²) < 4.78 is 13.3.